The normalized spacial score (nSPS) is 12.1. The fraction of sp³-hybridized carbons (Fsp3) is 0.125. The van der Waals surface area contributed by atoms with E-state index in [0.717, 1.165) is 5.82 Å². The first kappa shape index (κ1) is 7.75. The van der Waals surface area contributed by atoms with Crippen LogP contribution in [0.15, 0.2) is 37.1 Å². The Bertz CT molecular complexity index is 220. The summed E-state index contributed by atoms with van der Waals surface area (Å²) in [6, 6.07) is 5.60. The van der Waals surface area contributed by atoms with E-state index in [4.69, 9.17) is 5.73 Å². The molecule has 3 heteroatoms. The smallest absolute Gasteiger partial charge is 0.127 e. The van der Waals surface area contributed by atoms with Gasteiger partial charge in [0.2, 0.25) is 0 Å². The molecule has 0 bridgehead atoms. The lowest BCUT2D eigenvalue weighted by Crippen LogP contribution is -2.26. The number of hydrogen-bond acceptors (Lipinski definition) is 3. The van der Waals surface area contributed by atoms with Crippen LogP contribution in [0.2, 0.25) is 0 Å². The predicted molar refractivity (Wildman–Crippen MR) is 46.0 cm³/mol. The number of nitrogens with zero attached hydrogens (tertiary/aromatic N) is 1. The van der Waals surface area contributed by atoms with Gasteiger partial charge in [0.05, 0.1) is 6.17 Å². The Morgan fingerprint density at radius 2 is 2.45 bits per heavy atom. The highest BCUT2D eigenvalue weighted by molar-refractivity contribution is 5.35. The van der Waals surface area contributed by atoms with Gasteiger partial charge in [-0.25, -0.2) is 4.98 Å². The van der Waals surface area contributed by atoms with Gasteiger partial charge in [0, 0.05) is 6.20 Å². The highest BCUT2D eigenvalue weighted by Gasteiger charge is 1.94. The standard InChI is InChI=1S/C8H11N3/c1-2-7(9)11-8-5-3-4-6-10-8/h2-7H,1,9H2,(H,10,11). The zero-order valence-electron chi connectivity index (χ0n) is 6.20. The van der Waals surface area contributed by atoms with E-state index in [1.54, 1.807) is 12.3 Å². The van der Waals surface area contributed by atoms with Gasteiger partial charge in [-0.1, -0.05) is 18.7 Å². The van der Waals surface area contributed by atoms with E-state index in [-0.39, 0.29) is 6.17 Å². The molecule has 1 unspecified atom stereocenters. The third kappa shape index (κ3) is 2.39. The third-order valence-electron chi connectivity index (χ3n) is 1.23. The summed E-state index contributed by atoms with van der Waals surface area (Å²) >= 11 is 0. The Morgan fingerprint density at radius 3 is 3.00 bits per heavy atom. The summed E-state index contributed by atoms with van der Waals surface area (Å²) in [7, 11) is 0. The summed E-state index contributed by atoms with van der Waals surface area (Å²) in [4.78, 5) is 4.03. The van der Waals surface area contributed by atoms with Crippen molar-refractivity contribution in [2.45, 2.75) is 6.17 Å². The summed E-state index contributed by atoms with van der Waals surface area (Å²) in [6.45, 7) is 3.54. The fourth-order valence-corrected chi connectivity index (χ4v) is 0.678. The molecule has 11 heavy (non-hydrogen) atoms. The molecular weight excluding hydrogens is 138 g/mol. The largest absolute Gasteiger partial charge is 0.352 e. The van der Waals surface area contributed by atoms with Crippen molar-refractivity contribution in [1.29, 1.82) is 0 Å². The van der Waals surface area contributed by atoms with Crippen molar-refractivity contribution in [2.24, 2.45) is 5.73 Å². The van der Waals surface area contributed by atoms with Crippen LogP contribution in [0.3, 0.4) is 0 Å². The van der Waals surface area contributed by atoms with Crippen LogP contribution in [0.5, 0.6) is 0 Å². The minimum Gasteiger partial charge on any atom is -0.352 e. The number of nitrogens with two attached hydrogens (primary N) is 1. The van der Waals surface area contributed by atoms with Crippen molar-refractivity contribution >= 4 is 5.82 Å². The fourth-order valence-electron chi connectivity index (χ4n) is 0.678. The molecule has 3 N–H and O–H groups in total. The van der Waals surface area contributed by atoms with Crippen LogP contribution >= 0.6 is 0 Å². The van der Waals surface area contributed by atoms with Crippen molar-refractivity contribution in [3.8, 4) is 0 Å². The van der Waals surface area contributed by atoms with E-state index in [2.05, 4.69) is 16.9 Å². The van der Waals surface area contributed by atoms with E-state index in [0.29, 0.717) is 0 Å². The Balaban J connectivity index is 2.57. The molecule has 0 aliphatic carbocycles. The van der Waals surface area contributed by atoms with E-state index < -0.39 is 0 Å². The maximum atomic E-state index is 5.54. The van der Waals surface area contributed by atoms with Gasteiger partial charge < -0.3 is 11.1 Å². The molecule has 1 aromatic rings. The van der Waals surface area contributed by atoms with Gasteiger partial charge in [-0.05, 0) is 12.1 Å². The van der Waals surface area contributed by atoms with Crippen molar-refractivity contribution in [3.63, 3.8) is 0 Å². The highest BCUT2D eigenvalue weighted by atomic mass is 15.1. The quantitative estimate of drug-likeness (QED) is 0.497. The van der Waals surface area contributed by atoms with Crippen LogP contribution in [0, 0.1) is 0 Å². The maximum absolute atomic E-state index is 5.54. The molecule has 0 spiro atoms. The molecule has 1 heterocycles. The Labute approximate surface area is 65.9 Å². The van der Waals surface area contributed by atoms with E-state index in [9.17, 15) is 0 Å². The van der Waals surface area contributed by atoms with Gasteiger partial charge in [0.25, 0.3) is 0 Å². The Hall–Kier alpha value is -1.35. The number of aromatic nitrogens is 1. The van der Waals surface area contributed by atoms with Gasteiger partial charge in [0.1, 0.15) is 5.82 Å². The lowest BCUT2D eigenvalue weighted by atomic mass is 10.4. The molecule has 0 saturated carbocycles. The van der Waals surface area contributed by atoms with Crippen LogP contribution < -0.4 is 11.1 Å². The molecule has 0 amide bonds. The number of nitrogens with one attached hydrogen (secondary N) is 1. The molecule has 58 valence electrons. The highest BCUT2D eigenvalue weighted by Crippen LogP contribution is 1.99. The second-order valence-electron chi connectivity index (χ2n) is 2.12. The lowest BCUT2D eigenvalue weighted by molar-refractivity contribution is 0.933. The molecule has 1 atom stereocenters. The molecule has 0 aliphatic heterocycles. The summed E-state index contributed by atoms with van der Waals surface area (Å²) in [5.74, 6) is 0.764. The first-order valence-electron chi connectivity index (χ1n) is 3.38. The number of rotatable bonds is 3. The molecule has 0 saturated heterocycles. The first-order chi connectivity index (χ1) is 5.33. The second kappa shape index (κ2) is 3.73. The number of anilines is 1. The van der Waals surface area contributed by atoms with Crippen LogP contribution in [0.1, 0.15) is 0 Å². The zero-order chi connectivity index (χ0) is 8.10. The molecule has 0 radical (unpaired) electrons. The summed E-state index contributed by atoms with van der Waals surface area (Å²) in [5, 5.41) is 2.94. The summed E-state index contributed by atoms with van der Waals surface area (Å²) in [6.07, 6.45) is 3.09. The van der Waals surface area contributed by atoms with Crippen molar-refractivity contribution in [2.75, 3.05) is 5.32 Å². The maximum Gasteiger partial charge on any atom is 0.127 e. The van der Waals surface area contributed by atoms with Crippen LogP contribution in [-0.4, -0.2) is 11.1 Å². The average molecular weight is 149 g/mol. The second-order valence-corrected chi connectivity index (χ2v) is 2.12. The monoisotopic (exact) mass is 149 g/mol. The van der Waals surface area contributed by atoms with Gasteiger partial charge in [-0.2, -0.15) is 0 Å². The average Bonchev–Trinajstić information content (AvgIpc) is 2.06. The lowest BCUT2D eigenvalue weighted by Gasteiger charge is -2.08. The first-order valence-corrected chi connectivity index (χ1v) is 3.38. The van der Waals surface area contributed by atoms with Gasteiger partial charge in [-0.3, -0.25) is 0 Å². The minimum absolute atomic E-state index is 0.232. The molecule has 0 aliphatic rings. The number of hydrogen-bond donors (Lipinski definition) is 2. The van der Waals surface area contributed by atoms with Crippen LogP contribution in [0.4, 0.5) is 5.82 Å². The molecule has 3 nitrogen and oxygen atoms in total. The summed E-state index contributed by atoms with van der Waals surface area (Å²) < 4.78 is 0. The topological polar surface area (TPSA) is 50.9 Å². The molecule has 1 rings (SSSR count). The van der Waals surface area contributed by atoms with Crippen molar-refractivity contribution < 1.29 is 0 Å². The molecule has 1 aromatic heterocycles. The summed E-state index contributed by atoms with van der Waals surface area (Å²) in [5.41, 5.74) is 5.54. The third-order valence-corrected chi connectivity index (χ3v) is 1.23. The Kier molecular flexibility index (Phi) is 2.63. The van der Waals surface area contributed by atoms with Gasteiger partial charge >= 0.3 is 0 Å². The van der Waals surface area contributed by atoms with E-state index in [1.165, 1.54) is 0 Å². The SMILES string of the molecule is C=CC(N)Nc1ccccn1. The molecule has 0 fully saturated rings. The predicted octanol–water partition coefficient (Wildman–Crippen LogP) is 0.964. The van der Waals surface area contributed by atoms with Crippen molar-refractivity contribution in [1.82, 2.24) is 4.98 Å². The number of pyridine rings is 1. The zero-order valence-corrected chi connectivity index (χ0v) is 6.20. The minimum atomic E-state index is -0.232. The van der Waals surface area contributed by atoms with Crippen LogP contribution in [-0.2, 0) is 0 Å². The van der Waals surface area contributed by atoms with Gasteiger partial charge in [-0.15, -0.1) is 0 Å². The van der Waals surface area contributed by atoms with Gasteiger partial charge in [0.15, 0.2) is 0 Å². The van der Waals surface area contributed by atoms with E-state index >= 15 is 0 Å². The molecule has 0 aromatic carbocycles. The molecular formula is C8H11N3. The Morgan fingerprint density at radius 1 is 1.64 bits per heavy atom. The van der Waals surface area contributed by atoms with Crippen LogP contribution in [0.25, 0.3) is 0 Å². The van der Waals surface area contributed by atoms with E-state index in [1.807, 2.05) is 18.2 Å². The van der Waals surface area contributed by atoms with Crippen molar-refractivity contribution in [3.05, 3.63) is 37.1 Å².